The Kier molecular flexibility index (Phi) is 6.21. The van der Waals surface area contributed by atoms with Gasteiger partial charge in [0.1, 0.15) is 0 Å². The SMILES string of the molecule is CNCCC1CCCCN1Cc1ccccc1CC(=O)O. The molecule has 0 amide bonds. The van der Waals surface area contributed by atoms with Crippen LogP contribution in [0.25, 0.3) is 0 Å². The van der Waals surface area contributed by atoms with Gasteiger partial charge in [-0.05, 0) is 50.5 Å². The highest BCUT2D eigenvalue weighted by atomic mass is 16.4. The van der Waals surface area contributed by atoms with E-state index in [9.17, 15) is 4.79 Å². The number of nitrogens with zero attached hydrogens (tertiary/aromatic N) is 1. The van der Waals surface area contributed by atoms with E-state index in [4.69, 9.17) is 5.11 Å². The average Bonchev–Trinajstić information content (AvgIpc) is 2.48. The van der Waals surface area contributed by atoms with E-state index in [-0.39, 0.29) is 6.42 Å². The molecule has 0 aromatic heterocycles. The lowest BCUT2D eigenvalue weighted by Crippen LogP contribution is -2.40. The molecule has 0 radical (unpaired) electrons. The lowest BCUT2D eigenvalue weighted by Gasteiger charge is -2.36. The second-order valence-electron chi connectivity index (χ2n) is 5.85. The van der Waals surface area contributed by atoms with E-state index >= 15 is 0 Å². The molecule has 0 bridgehead atoms. The van der Waals surface area contributed by atoms with Crippen LogP contribution in [0.1, 0.15) is 36.8 Å². The third kappa shape index (κ3) is 4.83. The Bertz CT molecular complexity index is 462. The van der Waals surface area contributed by atoms with E-state index in [1.54, 1.807) is 0 Å². The zero-order valence-corrected chi connectivity index (χ0v) is 12.8. The highest BCUT2D eigenvalue weighted by Gasteiger charge is 2.22. The summed E-state index contributed by atoms with van der Waals surface area (Å²) in [5.41, 5.74) is 2.11. The van der Waals surface area contributed by atoms with Crippen molar-refractivity contribution in [2.45, 2.75) is 44.7 Å². The van der Waals surface area contributed by atoms with Gasteiger partial charge in [0.2, 0.25) is 0 Å². The van der Waals surface area contributed by atoms with Gasteiger partial charge in [0.25, 0.3) is 0 Å². The molecule has 1 heterocycles. The van der Waals surface area contributed by atoms with Crippen molar-refractivity contribution in [2.75, 3.05) is 20.1 Å². The predicted octanol–water partition coefficient (Wildman–Crippen LogP) is 2.28. The van der Waals surface area contributed by atoms with Gasteiger partial charge < -0.3 is 10.4 Å². The van der Waals surface area contributed by atoms with Crippen molar-refractivity contribution in [3.63, 3.8) is 0 Å². The summed E-state index contributed by atoms with van der Waals surface area (Å²) < 4.78 is 0. The highest BCUT2D eigenvalue weighted by molar-refractivity contribution is 5.70. The molecule has 116 valence electrons. The number of hydrogen-bond donors (Lipinski definition) is 2. The van der Waals surface area contributed by atoms with Gasteiger partial charge in [0.15, 0.2) is 0 Å². The monoisotopic (exact) mass is 290 g/mol. The number of piperidine rings is 1. The smallest absolute Gasteiger partial charge is 0.307 e. The van der Waals surface area contributed by atoms with E-state index in [2.05, 4.69) is 16.3 Å². The van der Waals surface area contributed by atoms with Gasteiger partial charge in [-0.25, -0.2) is 0 Å². The summed E-state index contributed by atoms with van der Waals surface area (Å²) >= 11 is 0. The standard InChI is InChI=1S/C17H26N2O2/c1-18-10-9-16-8-4-5-11-19(16)13-15-7-3-2-6-14(15)12-17(20)21/h2-3,6-7,16,18H,4-5,8-13H2,1H3,(H,20,21). The van der Waals surface area contributed by atoms with Gasteiger partial charge >= 0.3 is 5.97 Å². The fourth-order valence-electron chi connectivity index (χ4n) is 3.17. The van der Waals surface area contributed by atoms with Crippen LogP contribution in [0.3, 0.4) is 0 Å². The summed E-state index contributed by atoms with van der Waals surface area (Å²) in [6, 6.07) is 8.56. The van der Waals surface area contributed by atoms with Crippen LogP contribution in [0.5, 0.6) is 0 Å². The maximum absolute atomic E-state index is 11.0. The van der Waals surface area contributed by atoms with Gasteiger partial charge in [-0.2, -0.15) is 0 Å². The molecule has 1 aromatic rings. The number of aliphatic carboxylic acids is 1. The van der Waals surface area contributed by atoms with Crippen LogP contribution < -0.4 is 5.32 Å². The lowest BCUT2D eigenvalue weighted by atomic mass is 9.97. The number of rotatable bonds is 7. The van der Waals surface area contributed by atoms with Gasteiger partial charge in [-0.3, -0.25) is 9.69 Å². The molecule has 4 heteroatoms. The minimum atomic E-state index is -0.757. The van der Waals surface area contributed by atoms with Gasteiger partial charge in [-0.1, -0.05) is 30.7 Å². The third-order valence-electron chi connectivity index (χ3n) is 4.31. The first-order valence-electron chi connectivity index (χ1n) is 7.88. The molecule has 2 rings (SSSR count). The van der Waals surface area contributed by atoms with Crippen molar-refractivity contribution in [1.29, 1.82) is 0 Å². The van der Waals surface area contributed by atoms with Crippen LogP contribution in [0.4, 0.5) is 0 Å². The average molecular weight is 290 g/mol. The molecule has 1 atom stereocenters. The molecule has 1 aliphatic rings. The minimum absolute atomic E-state index is 0.116. The molecule has 0 spiro atoms. The number of carbonyl (C=O) groups is 1. The van der Waals surface area contributed by atoms with E-state index in [0.717, 1.165) is 37.2 Å². The summed E-state index contributed by atoms with van der Waals surface area (Å²) in [5.74, 6) is -0.757. The molecular weight excluding hydrogens is 264 g/mol. The zero-order chi connectivity index (χ0) is 15.1. The van der Waals surface area contributed by atoms with Crippen LogP contribution in [0.2, 0.25) is 0 Å². The number of likely N-dealkylation sites (tertiary alicyclic amines) is 1. The molecule has 1 fully saturated rings. The van der Waals surface area contributed by atoms with Gasteiger partial charge in [0.05, 0.1) is 6.42 Å². The number of nitrogens with one attached hydrogen (secondary N) is 1. The summed E-state index contributed by atoms with van der Waals surface area (Å²) in [4.78, 5) is 13.5. The minimum Gasteiger partial charge on any atom is -0.481 e. The second kappa shape index (κ2) is 8.15. The number of benzene rings is 1. The fraction of sp³-hybridized carbons (Fsp3) is 0.588. The number of carboxylic acid groups (broad SMARTS) is 1. The molecule has 1 aromatic carbocycles. The molecule has 1 aliphatic heterocycles. The Morgan fingerprint density at radius 3 is 2.81 bits per heavy atom. The van der Waals surface area contributed by atoms with Crippen molar-refractivity contribution in [3.8, 4) is 0 Å². The molecule has 4 nitrogen and oxygen atoms in total. The van der Waals surface area contributed by atoms with Crippen molar-refractivity contribution in [3.05, 3.63) is 35.4 Å². The van der Waals surface area contributed by atoms with Crippen molar-refractivity contribution >= 4 is 5.97 Å². The maximum Gasteiger partial charge on any atom is 0.307 e. The third-order valence-corrected chi connectivity index (χ3v) is 4.31. The summed E-state index contributed by atoms with van der Waals surface area (Å²) in [6.07, 6.45) is 5.09. The normalized spacial score (nSPS) is 19.6. The van der Waals surface area contributed by atoms with Gasteiger partial charge in [-0.15, -0.1) is 0 Å². The summed E-state index contributed by atoms with van der Waals surface area (Å²) in [5, 5.41) is 12.3. The first-order valence-corrected chi connectivity index (χ1v) is 7.88. The van der Waals surface area contributed by atoms with E-state index in [1.165, 1.54) is 19.3 Å². The first-order chi connectivity index (χ1) is 10.2. The molecule has 21 heavy (non-hydrogen) atoms. The Morgan fingerprint density at radius 2 is 2.10 bits per heavy atom. The Labute approximate surface area is 127 Å². The molecule has 1 unspecified atom stereocenters. The largest absolute Gasteiger partial charge is 0.481 e. The quantitative estimate of drug-likeness (QED) is 0.809. The van der Waals surface area contributed by atoms with Crippen molar-refractivity contribution in [2.24, 2.45) is 0 Å². The number of hydrogen-bond acceptors (Lipinski definition) is 3. The zero-order valence-electron chi connectivity index (χ0n) is 12.8. The lowest BCUT2D eigenvalue weighted by molar-refractivity contribution is -0.136. The van der Waals surface area contributed by atoms with Crippen molar-refractivity contribution in [1.82, 2.24) is 10.2 Å². The first kappa shape index (κ1) is 16.0. The van der Waals surface area contributed by atoms with Crippen molar-refractivity contribution < 1.29 is 9.90 Å². The molecular formula is C17H26N2O2. The van der Waals surface area contributed by atoms with Crippen LogP contribution >= 0.6 is 0 Å². The van der Waals surface area contributed by atoms with E-state index in [1.807, 2.05) is 25.2 Å². The molecule has 1 saturated heterocycles. The number of carboxylic acids is 1. The Hall–Kier alpha value is -1.39. The van der Waals surface area contributed by atoms with Crippen LogP contribution in [0.15, 0.2) is 24.3 Å². The fourth-order valence-corrected chi connectivity index (χ4v) is 3.17. The molecule has 0 saturated carbocycles. The summed E-state index contributed by atoms with van der Waals surface area (Å²) in [7, 11) is 2.00. The Balaban J connectivity index is 2.06. The van der Waals surface area contributed by atoms with E-state index in [0.29, 0.717) is 6.04 Å². The molecule has 0 aliphatic carbocycles. The molecule has 2 N–H and O–H groups in total. The summed E-state index contributed by atoms with van der Waals surface area (Å²) in [6.45, 7) is 3.03. The van der Waals surface area contributed by atoms with Gasteiger partial charge in [0, 0.05) is 12.6 Å². The predicted molar refractivity (Wildman–Crippen MR) is 84.4 cm³/mol. The van der Waals surface area contributed by atoms with Crippen LogP contribution in [-0.4, -0.2) is 42.2 Å². The van der Waals surface area contributed by atoms with Crippen LogP contribution in [-0.2, 0) is 17.8 Å². The van der Waals surface area contributed by atoms with Crippen LogP contribution in [0, 0.1) is 0 Å². The van der Waals surface area contributed by atoms with E-state index < -0.39 is 5.97 Å². The Morgan fingerprint density at radius 1 is 1.33 bits per heavy atom. The topological polar surface area (TPSA) is 52.6 Å². The second-order valence-corrected chi connectivity index (χ2v) is 5.85. The highest BCUT2D eigenvalue weighted by Crippen LogP contribution is 2.23. The maximum atomic E-state index is 11.0.